The van der Waals surface area contributed by atoms with Crippen molar-refractivity contribution in [3.8, 4) is 0 Å². The van der Waals surface area contributed by atoms with Crippen molar-refractivity contribution in [2.45, 2.75) is 69.9 Å². The largest absolute Gasteiger partial charge is 0.376 e. The van der Waals surface area contributed by atoms with Crippen molar-refractivity contribution in [1.29, 1.82) is 0 Å². The normalized spacial score (nSPS) is 30.7. The third-order valence-electron chi connectivity index (χ3n) is 4.93. The predicted octanol–water partition coefficient (Wildman–Crippen LogP) is 2.54. The van der Waals surface area contributed by atoms with Crippen molar-refractivity contribution in [3.63, 3.8) is 0 Å². The molecule has 1 unspecified atom stereocenters. The molecule has 1 saturated carbocycles. The van der Waals surface area contributed by atoms with Crippen LogP contribution in [0.5, 0.6) is 0 Å². The van der Waals surface area contributed by atoms with E-state index in [4.69, 9.17) is 10.5 Å². The monoisotopic (exact) mass is 254 g/mol. The number of nitrogens with zero attached hydrogens (tertiary/aromatic N) is 1. The van der Waals surface area contributed by atoms with E-state index in [1.807, 2.05) is 0 Å². The van der Waals surface area contributed by atoms with E-state index in [1.165, 1.54) is 44.9 Å². The van der Waals surface area contributed by atoms with Crippen LogP contribution in [-0.2, 0) is 4.74 Å². The van der Waals surface area contributed by atoms with E-state index in [0.717, 1.165) is 32.7 Å². The van der Waals surface area contributed by atoms with Gasteiger partial charge < -0.3 is 10.5 Å². The Labute approximate surface area is 112 Å². The molecular weight excluding hydrogens is 224 g/mol. The number of ether oxygens (including phenoxy) is 1. The van der Waals surface area contributed by atoms with E-state index < -0.39 is 0 Å². The smallest absolute Gasteiger partial charge is 0.0700 e. The Balaban J connectivity index is 2.03. The molecule has 2 fully saturated rings. The number of hydrogen-bond acceptors (Lipinski definition) is 3. The third kappa shape index (κ3) is 3.25. The molecule has 0 bridgehead atoms. The van der Waals surface area contributed by atoms with Gasteiger partial charge in [-0.3, -0.25) is 4.90 Å². The van der Waals surface area contributed by atoms with Crippen molar-refractivity contribution in [2.75, 3.05) is 26.2 Å². The molecule has 0 aromatic rings. The SMILES string of the molecule is CCC1CN(C2(CN)CCCCCCC2)CCO1. The topological polar surface area (TPSA) is 38.5 Å². The lowest BCUT2D eigenvalue weighted by molar-refractivity contribution is -0.0753. The Morgan fingerprint density at radius 1 is 1.17 bits per heavy atom. The van der Waals surface area contributed by atoms with Gasteiger partial charge in [0.1, 0.15) is 0 Å². The fourth-order valence-electron chi connectivity index (χ4n) is 3.61. The Morgan fingerprint density at radius 3 is 2.44 bits per heavy atom. The third-order valence-corrected chi connectivity index (χ3v) is 4.93. The molecule has 1 heterocycles. The minimum Gasteiger partial charge on any atom is -0.376 e. The van der Waals surface area contributed by atoms with Gasteiger partial charge >= 0.3 is 0 Å². The molecule has 1 atom stereocenters. The quantitative estimate of drug-likeness (QED) is 0.841. The molecule has 3 nitrogen and oxygen atoms in total. The highest BCUT2D eigenvalue weighted by Gasteiger charge is 2.37. The van der Waals surface area contributed by atoms with Gasteiger partial charge in [0, 0.05) is 25.2 Å². The van der Waals surface area contributed by atoms with Crippen LogP contribution in [0.3, 0.4) is 0 Å². The minimum absolute atomic E-state index is 0.275. The van der Waals surface area contributed by atoms with Gasteiger partial charge in [0.2, 0.25) is 0 Å². The molecule has 2 rings (SSSR count). The fourth-order valence-corrected chi connectivity index (χ4v) is 3.61. The summed E-state index contributed by atoms with van der Waals surface area (Å²) >= 11 is 0. The van der Waals surface area contributed by atoms with Gasteiger partial charge in [-0.1, -0.05) is 39.0 Å². The average Bonchev–Trinajstić information content (AvgIpc) is 2.39. The highest BCUT2D eigenvalue weighted by atomic mass is 16.5. The van der Waals surface area contributed by atoms with Crippen LogP contribution in [0.2, 0.25) is 0 Å². The molecule has 0 amide bonds. The maximum atomic E-state index is 6.19. The van der Waals surface area contributed by atoms with Crippen molar-refractivity contribution in [3.05, 3.63) is 0 Å². The van der Waals surface area contributed by atoms with Gasteiger partial charge in [-0.25, -0.2) is 0 Å². The first-order valence-corrected chi connectivity index (χ1v) is 7.87. The molecular formula is C15H30N2O. The second kappa shape index (κ2) is 6.88. The maximum Gasteiger partial charge on any atom is 0.0700 e. The summed E-state index contributed by atoms with van der Waals surface area (Å²) < 4.78 is 5.81. The summed E-state index contributed by atoms with van der Waals surface area (Å²) in [7, 11) is 0. The van der Waals surface area contributed by atoms with Crippen LogP contribution in [0.15, 0.2) is 0 Å². The van der Waals surface area contributed by atoms with Gasteiger partial charge in [-0.2, -0.15) is 0 Å². The molecule has 0 aromatic carbocycles. The summed E-state index contributed by atoms with van der Waals surface area (Å²) in [5.41, 5.74) is 6.47. The van der Waals surface area contributed by atoms with Gasteiger partial charge in [0.25, 0.3) is 0 Å². The lowest BCUT2D eigenvalue weighted by Gasteiger charge is -2.48. The van der Waals surface area contributed by atoms with Crippen LogP contribution >= 0.6 is 0 Å². The van der Waals surface area contributed by atoms with Crippen molar-refractivity contribution < 1.29 is 4.74 Å². The summed E-state index contributed by atoms with van der Waals surface area (Å²) in [6, 6.07) is 0. The molecule has 3 heteroatoms. The van der Waals surface area contributed by atoms with Crippen molar-refractivity contribution in [1.82, 2.24) is 4.90 Å². The van der Waals surface area contributed by atoms with Crippen LogP contribution in [0.25, 0.3) is 0 Å². The molecule has 1 saturated heterocycles. The lowest BCUT2D eigenvalue weighted by atomic mass is 9.82. The molecule has 0 radical (unpaired) electrons. The van der Waals surface area contributed by atoms with Crippen LogP contribution < -0.4 is 5.73 Å². The first-order valence-electron chi connectivity index (χ1n) is 7.87. The first-order chi connectivity index (χ1) is 8.80. The predicted molar refractivity (Wildman–Crippen MR) is 75.7 cm³/mol. The lowest BCUT2D eigenvalue weighted by Crippen LogP contribution is -2.59. The highest BCUT2D eigenvalue weighted by Crippen LogP contribution is 2.32. The summed E-state index contributed by atoms with van der Waals surface area (Å²) in [5.74, 6) is 0. The summed E-state index contributed by atoms with van der Waals surface area (Å²) in [4.78, 5) is 2.66. The molecule has 106 valence electrons. The van der Waals surface area contributed by atoms with Gasteiger partial charge in [-0.05, 0) is 19.3 Å². The van der Waals surface area contributed by atoms with E-state index in [1.54, 1.807) is 0 Å². The Hall–Kier alpha value is -0.120. The average molecular weight is 254 g/mol. The molecule has 18 heavy (non-hydrogen) atoms. The van der Waals surface area contributed by atoms with Crippen LogP contribution in [0.1, 0.15) is 58.3 Å². The maximum absolute atomic E-state index is 6.19. The molecule has 1 aliphatic heterocycles. The molecule has 2 aliphatic rings. The van der Waals surface area contributed by atoms with Gasteiger partial charge in [-0.15, -0.1) is 0 Å². The van der Waals surface area contributed by atoms with Gasteiger partial charge in [0.15, 0.2) is 0 Å². The molecule has 0 aromatic heterocycles. The number of nitrogens with two attached hydrogens (primary N) is 1. The van der Waals surface area contributed by atoms with E-state index in [-0.39, 0.29) is 5.54 Å². The Kier molecular flexibility index (Phi) is 5.46. The zero-order valence-corrected chi connectivity index (χ0v) is 12.0. The summed E-state index contributed by atoms with van der Waals surface area (Å²) in [6.07, 6.45) is 11.0. The summed E-state index contributed by atoms with van der Waals surface area (Å²) in [6.45, 7) is 6.10. The fraction of sp³-hybridized carbons (Fsp3) is 1.00. The Bertz CT molecular complexity index is 237. The van der Waals surface area contributed by atoms with Crippen molar-refractivity contribution in [2.24, 2.45) is 5.73 Å². The van der Waals surface area contributed by atoms with Crippen LogP contribution in [0.4, 0.5) is 0 Å². The van der Waals surface area contributed by atoms with Crippen molar-refractivity contribution >= 4 is 0 Å². The summed E-state index contributed by atoms with van der Waals surface area (Å²) in [5, 5.41) is 0. The standard InChI is InChI=1S/C15H30N2O/c1-2-14-12-17(10-11-18-14)15(13-16)8-6-4-3-5-7-9-15/h14H,2-13,16H2,1H3. The molecule has 2 N–H and O–H groups in total. The first kappa shape index (κ1) is 14.3. The minimum atomic E-state index is 0.275. The molecule has 0 spiro atoms. The second-order valence-electron chi connectivity index (χ2n) is 6.04. The zero-order chi connectivity index (χ0) is 12.8. The molecule has 1 aliphatic carbocycles. The zero-order valence-electron chi connectivity index (χ0n) is 12.0. The number of rotatable bonds is 3. The van der Waals surface area contributed by atoms with Crippen LogP contribution in [0, 0.1) is 0 Å². The Morgan fingerprint density at radius 2 is 1.83 bits per heavy atom. The van der Waals surface area contributed by atoms with E-state index >= 15 is 0 Å². The second-order valence-corrected chi connectivity index (χ2v) is 6.04. The van der Waals surface area contributed by atoms with Crippen LogP contribution in [-0.4, -0.2) is 42.8 Å². The number of morpholine rings is 1. The van der Waals surface area contributed by atoms with E-state index in [9.17, 15) is 0 Å². The van der Waals surface area contributed by atoms with E-state index in [0.29, 0.717) is 6.10 Å². The number of hydrogen-bond donors (Lipinski definition) is 1. The van der Waals surface area contributed by atoms with Gasteiger partial charge in [0.05, 0.1) is 12.7 Å². The highest BCUT2D eigenvalue weighted by molar-refractivity contribution is 4.94. The van der Waals surface area contributed by atoms with E-state index in [2.05, 4.69) is 11.8 Å².